The molecule has 1 fully saturated rings. The highest BCUT2D eigenvalue weighted by atomic mass is 16.6. The van der Waals surface area contributed by atoms with Gasteiger partial charge in [0, 0.05) is 18.2 Å². The standard InChI is InChI=1S/C19H18N2O2/c20-13-17-8-6-15(7-9-17)10-11-21-18(14-23-19(21)22)12-16-4-2-1-3-5-16/h1-9,18H,12-14,20H2/t18-/m0/s1. The summed E-state index contributed by atoms with van der Waals surface area (Å²) in [5.74, 6) is 3.02. The zero-order valence-electron chi connectivity index (χ0n) is 12.7. The molecule has 3 rings (SSSR count). The summed E-state index contributed by atoms with van der Waals surface area (Å²) in [5, 5.41) is 0. The van der Waals surface area contributed by atoms with E-state index in [-0.39, 0.29) is 12.1 Å². The molecule has 2 N–H and O–H groups in total. The largest absolute Gasteiger partial charge is 0.446 e. The van der Waals surface area contributed by atoms with Crippen molar-refractivity contribution in [1.82, 2.24) is 4.90 Å². The summed E-state index contributed by atoms with van der Waals surface area (Å²) in [5.41, 5.74) is 8.64. The fourth-order valence-electron chi connectivity index (χ4n) is 2.48. The lowest BCUT2D eigenvalue weighted by molar-refractivity contribution is 0.167. The van der Waals surface area contributed by atoms with Gasteiger partial charge < -0.3 is 10.5 Å². The summed E-state index contributed by atoms with van der Waals surface area (Å²) in [6.07, 6.45) is 0.352. The Hall–Kier alpha value is -2.77. The molecule has 0 radical (unpaired) electrons. The molecule has 1 amide bonds. The highest BCUT2D eigenvalue weighted by Crippen LogP contribution is 2.16. The van der Waals surface area contributed by atoms with E-state index < -0.39 is 0 Å². The summed E-state index contributed by atoms with van der Waals surface area (Å²) in [7, 11) is 0. The molecule has 4 heteroatoms. The first-order valence-electron chi connectivity index (χ1n) is 7.57. The maximum absolute atomic E-state index is 11.9. The van der Waals surface area contributed by atoms with Gasteiger partial charge in [-0.15, -0.1) is 0 Å². The van der Waals surface area contributed by atoms with Crippen LogP contribution in [0.4, 0.5) is 4.79 Å². The van der Waals surface area contributed by atoms with E-state index in [0.717, 1.165) is 23.1 Å². The van der Waals surface area contributed by atoms with Crippen molar-refractivity contribution in [2.45, 2.75) is 19.0 Å². The molecule has 1 heterocycles. The number of hydrogen-bond donors (Lipinski definition) is 1. The molecule has 1 aliphatic heterocycles. The van der Waals surface area contributed by atoms with E-state index in [0.29, 0.717) is 13.2 Å². The summed E-state index contributed by atoms with van der Waals surface area (Å²) in [6, 6.07) is 20.6. The number of cyclic esters (lactones) is 1. The molecule has 0 aliphatic carbocycles. The molecule has 2 aromatic carbocycles. The van der Waals surface area contributed by atoms with Crippen molar-refractivity contribution in [2.75, 3.05) is 6.61 Å². The Morgan fingerprint density at radius 1 is 1.09 bits per heavy atom. The van der Waals surface area contributed by atoms with Crippen LogP contribution in [0.2, 0.25) is 0 Å². The molecule has 2 aromatic rings. The van der Waals surface area contributed by atoms with Gasteiger partial charge in [0.25, 0.3) is 0 Å². The number of ether oxygens (including phenoxy) is 1. The van der Waals surface area contributed by atoms with Crippen molar-refractivity contribution in [3.05, 3.63) is 71.3 Å². The minimum atomic E-state index is -0.378. The Balaban J connectivity index is 1.74. The molecule has 23 heavy (non-hydrogen) atoms. The normalized spacial score (nSPS) is 16.7. The SMILES string of the molecule is NCc1ccc(C#CN2C(=O)OC[C@@H]2Cc2ccccc2)cc1. The molecule has 0 unspecified atom stereocenters. The number of nitrogens with two attached hydrogens (primary N) is 1. The molecule has 0 aromatic heterocycles. The Morgan fingerprint density at radius 3 is 2.52 bits per heavy atom. The second kappa shape index (κ2) is 6.99. The van der Waals surface area contributed by atoms with Gasteiger partial charge in [0.05, 0.1) is 6.04 Å². The maximum atomic E-state index is 11.9. The molecule has 0 spiro atoms. The van der Waals surface area contributed by atoms with Crippen LogP contribution in [0.5, 0.6) is 0 Å². The number of benzene rings is 2. The number of nitrogens with zero attached hydrogens (tertiary/aromatic N) is 1. The predicted octanol–water partition coefficient (Wildman–Crippen LogP) is 2.52. The van der Waals surface area contributed by atoms with Crippen LogP contribution in [0, 0.1) is 12.0 Å². The molecule has 1 aliphatic rings. The molecule has 1 atom stereocenters. The average Bonchev–Trinajstić information content (AvgIpc) is 2.94. The smallest absolute Gasteiger partial charge is 0.422 e. The first kappa shape index (κ1) is 15.1. The maximum Gasteiger partial charge on any atom is 0.422 e. The lowest BCUT2D eigenvalue weighted by Crippen LogP contribution is -2.30. The van der Waals surface area contributed by atoms with E-state index in [2.05, 4.69) is 12.0 Å². The third-order valence-electron chi connectivity index (χ3n) is 3.79. The van der Waals surface area contributed by atoms with Gasteiger partial charge in [-0.3, -0.25) is 0 Å². The Kier molecular flexibility index (Phi) is 4.60. The third-order valence-corrected chi connectivity index (χ3v) is 3.79. The van der Waals surface area contributed by atoms with E-state index in [9.17, 15) is 4.79 Å². The summed E-state index contributed by atoms with van der Waals surface area (Å²) < 4.78 is 5.14. The second-order valence-electron chi connectivity index (χ2n) is 5.43. The highest BCUT2D eigenvalue weighted by molar-refractivity contribution is 5.72. The zero-order chi connectivity index (χ0) is 16.1. The number of carbonyl (C=O) groups is 1. The lowest BCUT2D eigenvalue weighted by atomic mass is 10.1. The van der Waals surface area contributed by atoms with E-state index in [1.165, 1.54) is 4.90 Å². The summed E-state index contributed by atoms with van der Waals surface area (Å²) in [4.78, 5) is 13.4. The van der Waals surface area contributed by atoms with Gasteiger partial charge in [0.1, 0.15) is 6.61 Å². The molecule has 0 bridgehead atoms. The van der Waals surface area contributed by atoms with E-state index in [1.807, 2.05) is 54.6 Å². The van der Waals surface area contributed by atoms with Gasteiger partial charge in [0.15, 0.2) is 0 Å². The van der Waals surface area contributed by atoms with Crippen LogP contribution in [0.15, 0.2) is 54.6 Å². The van der Waals surface area contributed by atoms with Crippen LogP contribution in [-0.2, 0) is 17.7 Å². The molecule has 0 saturated carbocycles. The van der Waals surface area contributed by atoms with Gasteiger partial charge in [-0.05, 0) is 35.6 Å². The van der Waals surface area contributed by atoms with Crippen LogP contribution in [0.25, 0.3) is 0 Å². The fraction of sp³-hybridized carbons (Fsp3) is 0.211. The predicted molar refractivity (Wildman–Crippen MR) is 88.3 cm³/mol. The van der Waals surface area contributed by atoms with Crippen LogP contribution in [0.3, 0.4) is 0 Å². The summed E-state index contributed by atoms with van der Waals surface area (Å²) in [6.45, 7) is 0.875. The molecule has 116 valence electrons. The van der Waals surface area contributed by atoms with Crippen molar-refractivity contribution in [1.29, 1.82) is 0 Å². The van der Waals surface area contributed by atoms with Crippen molar-refractivity contribution in [2.24, 2.45) is 5.73 Å². The van der Waals surface area contributed by atoms with Gasteiger partial charge in [0.2, 0.25) is 0 Å². The van der Waals surface area contributed by atoms with Crippen molar-refractivity contribution in [3.8, 4) is 12.0 Å². The number of hydrogen-bond acceptors (Lipinski definition) is 3. The average molecular weight is 306 g/mol. The van der Waals surface area contributed by atoms with Gasteiger partial charge in [-0.2, -0.15) is 0 Å². The quantitative estimate of drug-likeness (QED) is 0.887. The fourth-order valence-corrected chi connectivity index (χ4v) is 2.48. The van der Waals surface area contributed by atoms with E-state index in [1.54, 1.807) is 0 Å². The second-order valence-corrected chi connectivity index (χ2v) is 5.43. The molecule has 4 nitrogen and oxygen atoms in total. The van der Waals surface area contributed by atoms with Gasteiger partial charge >= 0.3 is 6.09 Å². The number of rotatable bonds is 3. The van der Waals surface area contributed by atoms with Crippen LogP contribution < -0.4 is 5.73 Å². The Morgan fingerprint density at radius 2 is 1.83 bits per heavy atom. The molecular formula is C19H18N2O2. The van der Waals surface area contributed by atoms with Crippen molar-refractivity contribution in [3.63, 3.8) is 0 Å². The lowest BCUT2D eigenvalue weighted by Gasteiger charge is -2.14. The van der Waals surface area contributed by atoms with Crippen molar-refractivity contribution < 1.29 is 9.53 Å². The highest BCUT2D eigenvalue weighted by Gasteiger charge is 2.32. The monoisotopic (exact) mass is 306 g/mol. The Labute approximate surface area is 135 Å². The van der Waals surface area contributed by atoms with Crippen LogP contribution in [-0.4, -0.2) is 23.6 Å². The van der Waals surface area contributed by atoms with Crippen molar-refractivity contribution >= 4 is 6.09 Å². The topological polar surface area (TPSA) is 55.6 Å². The van der Waals surface area contributed by atoms with Gasteiger partial charge in [-0.25, -0.2) is 9.69 Å². The summed E-state index contributed by atoms with van der Waals surface area (Å²) >= 11 is 0. The van der Waals surface area contributed by atoms with Crippen LogP contribution in [0.1, 0.15) is 16.7 Å². The van der Waals surface area contributed by atoms with Gasteiger partial charge in [-0.1, -0.05) is 42.5 Å². The van der Waals surface area contributed by atoms with Crippen LogP contribution >= 0.6 is 0 Å². The number of amides is 1. The minimum absolute atomic E-state index is 0.0549. The minimum Gasteiger partial charge on any atom is -0.446 e. The third kappa shape index (κ3) is 3.71. The Bertz CT molecular complexity index is 729. The molecule has 1 saturated heterocycles. The van der Waals surface area contributed by atoms with E-state index >= 15 is 0 Å². The molecular weight excluding hydrogens is 288 g/mol. The number of carbonyl (C=O) groups excluding carboxylic acids is 1. The van der Waals surface area contributed by atoms with E-state index in [4.69, 9.17) is 10.5 Å². The first-order valence-corrected chi connectivity index (χ1v) is 7.57. The zero-order valence-corrected chi connectivity index (χ0v) is 12.7. The first-order chi connectivity index (χ1) is 11.3.